The van der Waals surface area contributed by atoms with Crippen LogP contribution in [0.15, 0.2) is 0 Å². The Balaban J connectivity index is 2.50. The Bertz CT molecular complexity index is 180. The van der Waals surface area contributed by atoms with Gasteiger partial charge < -0.3 is 4.90 Å². The lowest BCUT2D eigenvalue weighted by molar-refractivity contribution is -0.128. The number of amides is 1. The van der Waals surface area contributed by atoms with Crippen molar-refractivity contribution < 1.29 is 4.79 Å². The molecule has 0 bridgehead atoms. The molecule has 3 nitrogen and oxygen atoms in total. The maximum absolute atomic E-state index is 11.5. The molecule has 3 heteroatoms. The Kier molecular flexibility index (Phi) is 3.72. The van der Waals surface area contributed by atoms with Gasteiger partial charge in [0.15, 0.2) is 0 Å². The van der Waals surface area contributed by atoms with Crippen LogP contribution >= 0.6 is 0 Å². The molecule has 0 radical (unpaired) electrons. The third kappa shape index (κ3) is 2.44. The van der Waals surface area contributed by atoms with E-state index in [1.54, 1.807) is 0 Å². The van der Waals surface area contributed by atoms with Gasteiger partial charge in [-0.2, -0.15) is 0 Å². The van der Waals surface area contributed by atoms with Crippen molar-refractivity contribution in [2.45, 2.75) is 39.8 Å². The number of nitrogens with zero attached hydrogens (tertiary/aromatic N) is 1. The first-order valence-corrected chi connectivity index (χ1v) is 5.19. The number of hydrogen-bond acceptors (Lipinski definition) is 2. The molecule has 1 aliphatic rings. The van der Waals surface area contributed by atoms with E-state index in [2.05, 4.69) is 26.1 Å². The minimum Gasteiger partial charge on any atom is -0.326 e. The monoisotopic (exact) mass is 184 g/mol. The first-order valence-electron chi connectivity index (χ1n) is 5.19. The summed E-state index contributed by atoms with van der Waals surface area (Å²) in [4.78, 5) is 13.4. The van der Waals surface area contributed by atoms with E-state index in [1.807, 2.05) is 4.90 Å². The summed E-state index contributed by atoms with van der Waals surface area (Å²) >= 11 is 0. The maximum Gasteiger partial charge on any atom is 0.237 e. The van der Waals surface area contributed by atoms with E-state index in [9.17, 15) is 4.79 Å². The summed E-state index contributed by atoms with van der Waals surface area (Å²) in [6, 6.07) is 0. The van der Waals surface area contributed by atoms with Crippen LogP contribution in [0.5, 0.6) is 0 Å². The molecule has 0 aromatic heterocycles. The van der Waals surface area contributed by atoms with Crippen molar-refractivity contribution >= 4 is 5.91 Å². The molecule has 13 heavy (non-hydrogen) atoms. The van der Waals surface area contributed by atoms with Crippen LogP contribution in [-0.4, -0.2) is 30.1 Å². The molecule has 1 unspecified atom stereocenters. The lowest BCUT2D eigenvalue weighted by Crippen LogP contribution is -2.41. The second-order valence-corrected chi connectivity index (χ2v) is 4.01. The molecule has 1 saturated heterocycles. The Labute approximate surface area is 80.5 Å². The zero-order chi connectivity index (χ0) is 9.84. The van der Waals surface area contributed by atoms with Crippen LogP contribution in [0.2, 0.25) is 0 Å². The molecule has 1 atom stereocenters. The molecule has 1 rings (SSSR count). The quantitative estimate of drug-likeness (QED) is 0.712. The van der Waals surface area contributed by atoms with Crippen LogP contribution in [0.1, 0.15) is 33.6 Å². The summed E-state index contributed by atoms with van der Waals surface area (Å²) in [5.41, 5.74) is 0. The Morgan fingerprint density at radius 1 is 1.62 bits per heavy atom. The van der Waals surface area contributed by atoms with E-state index in [0.29, 0.717) is 12.5 Å². The first kappa shape index (κ1) is 10.5. The number of rotatable bonds is 4. The molecule has 1 aliphatic heterocycles. The zero-order valence-corrected chi connectivity index (χ0v) is 8.84. The average molecular weight is 184 g/mol. The van der Waals surface area contributed by atoms with Gasteiger partial charge in [-0.25, -0.2) is 0 Å². The van der Waals surface area contributed by atoms with Crippen molar-refractivity contribution in [3.63, 3.8) is 0 Å². The van der Waals surface area contributed by atoms with E-state index in [1.165, 1.54) is 0 Å². The molecule has 0 saturated carbocycles. The molecule has 76 valence electrons. The fourth-order valence-electron chi connectivity index (χ4n) is 1.75. The topological polar surface area (TPSA) is 32.3 Å². The summed E-state index contributed by atoms with van der Waals surface area (Å²) in [5.74, 6) is 0.760. The molecule has 1 N–H and O–H groups in total. The number of hydrogen-bond donors (Lipinski definition) is 1. The van der Waals surface area contributed by atoms with E-state index >= 15 is 0 Å². The summed E-state index contributed by atoms with van der Waals surface area (Å²) in [6.07, 6.45) is 2.52. The van der Waals surface area contributed by atoms with Crippen LogP contribution < -0.4 is 5.32 Å². The fourth-order valence-corrected chi connectivity index (χ4v) is 1.75. The SMILES string of the molecule is CCCCN1C(=O)CNC1C(C)C. The lowest BCUT2D eigenvalue weighted by atomic mass is 10.1. The molecule has 0 aliphatic carbocycles. The average Bonchev–Trinajstić information content (AvgIpc) is 2.43. The van der Waals surface area contributed by atoms with Crippen molar-refractivity contribution in [1.82, 2.24) is 10.2 Å². The molecule has 0 spiro atoms. The second-order valence-electron chi connectivity index (χ2n) is 4.01. The summed E-state index contributed by atoms with van der Waals surface area (Å²) < 4.78 is 0. The smallest absolute Gasteiger partial charge is 0.237 e. The van der Waals surface area contributed by atoms with Crippen molar-refractivity contribution in [2.75, 3.05) is 13.1 Å². The van der Waals surface area contributed by atoms with Gasteiger partial charge in [-0.3, -0.25) is 10.1 Å². The normalized spacial score (nSPS) is 23.2. The number of nitrogens with one attached hydrogen (secondary N) is 1. The van der Waals surface area contributed by atoms with Crippen LogP contribution in [0.3, 0.4) is 0 Å². The highest BCUT2D eigenvalue weighted by atomic mass is 16.2. The van der Waals surface area contributed by atoms with E-state index in [-0.39, 0.29) is 12.1 Å². The highest BCUT2D eigenvalue weighted by Gasteiger charge is 2.31. The standard InChI is InChI=1S/C10H20N2O/c1-4-5-6-12-9(13)7-11-10(12)8(2)3/h8,10-11H,4-7H2,1-3H3. The summed E-state index contributed by atoms with van der Waals surface area (Å²) in [7, 11) is 0. The van der Waals surface area contributed by atoms with Gasteiger partial charge in [0.25, 0.3) is 0 Å². The Morgan fingerprint density at radius 3 is 2.85 bits per heavy atom. The lowest BCUT2D eigenvalue weighted by Gasteiger charge is -2.27. The first-order chi connectivity index (χ1) is 6.16. The van der Waals surface area contributed by atoms with Crippen LogP contribution in [0.25, 0.3) is 0 Å². The molecule has 1 amide bonds. The molecular formula is C10H20N2O. The van der Waals surface area contributed by atoms with Crippen LogP contribution in [-0.2, 0) is 4.79 Å². The molecule has 1 heterocycles. The Hall–Kier alpha value is -0.570. The molecule has 1 fully saturated rings. The number of carbonyl (C=O) groups excluding carboxylic acids is 1. The Morgan fingerprint density at radius 2 is 2.31 bits per heavy atom. The van der Waals surface area contributed by atoms with Crippen molar-refractivity contribution in [3.8, 4) is 0 Å². The maximum atomic E-state index is 11.5. The predicted molar refractivity (Wildman–Crippen MR) is 53.2 cm³/mol. The summed E-state index contributed by atoms with van der Waals surface area (Å²) in [5, 5.41) is 3.24. The molecule has 0 aromatic carbocycles. The van der Waals surface area contributed by atoms with Gasteiger partial charge in [0, 0.05) is 6.54 Å². The molecule has 0 aromatic rings. The highest BCUT2D eigenvalue weighted by molar-refractivity contribution is 5.80. The van der Waals surface area contributed by atoms with Gasteiger partial charge in [-0.1, -0.05) is 27.2 Å². The van der Waals surface area contributed by atoms with Crippen molar-refractivity contribution in [3.05, 3.63) is 0 Å². The second kappa shape index (κ2) is 4.61. The van der Waals surface area contributed by atoms with E-state index < -0.39 is 0 Å². The van der Waals surface area contributed by atoms with Crippen molar-refractivity contribution in [2.24, 2.45) is 5.92 Å². The van der Waals surface area contributed by atoms with Gasteiger partial charge >= 0.3 is 0 Å². The van der Waals surface area contributed by atoms with E-state index in [4.69, 9.17) is 0 Å². The largest absolute Gasteiger partial charge is 0.326 e. The summed E-state index contributed by atoms with van der Waals surface area (Å²) in [6.45, 7) is 7.88. The number of unbranched alkanes of at least 4 members (excludes halogenated alkanes) is 1. The van der Waals surface area contributed by atoms with Gasteiger partial charge in [-0.05, 0) is 12.3 Å². The third-order valence-corrected chi connectivity index (χ3v) is 2.50. The molecular weight excluding hydrogens is 164 g/mol. The van der Waals surface area contributed by atoms with Gasteiger partial charge in [0.2, 0.25) is 5.91 Å². The van der Waals surface area contributed by atoms with Crippen molar-refractivity contribution in [1.29, 1.82) is 0 Å². The number of carbonyl (C=O) groups is 1. The third-order valence-electron chi connectivity index (χ3n) is 2.50. The highest BCUT2D eigenvalue weighted by Crippen LogP contribution is 2.14. The van der Waals surface area contributed by atoms with E-state index in [0.717, 1.165) is 19.4 Å². The minimum atomic E-state index is 0.257. The van der Waals surface area contributed by atoms with Gasteiger partial charge in [0.1, 0.15) is 0 Å². The van der Waals surface area contributed by atoms with Gasteiger partial charge in [-0.15, -0.1) is 0 Å². The van der Waals surface area contributed by atoms with Crippen LogP contribution in [0.4, 0.5) is 0 Å². The van der Waals surface area contributed by atoms with Crippen LogP contribution in [0, 0.1) is 5.92 Å². The predicted octanol–water partition coefficient (Wildman–Crippen LogP) is 1.20. The van der Waals surface area contributed by atoms with Gasteiger partial charge in [0.05, 0.1) is 12.7 Å². The fraction of sp³-hybridized carbons (Fsp3) is 0.900. The zero-order valence-electron chi connectivity index (χ0n) is 8.84. The minimum absolute atomic E-state index is 0.257.